The Hall–Kier alpha value is -1.90. The highest BCUT2D eigenvalue weighted by atomic mass is 32.2. The molecule has 1 atom stereocenters. The zero-order chi connectivity index (χ0) is 18.3. The number of fused-ring (bicyclic) bond motifs is 1. The van der Waals surface area contributed by atoms with Crippen LogP contribution in [-0.4, -0.2) is 24.3 Å². The zero-order valence-corrected chi connectivity index (χ0v) is 15.4. The molecular formula is C18H16F2N2O2S2. The molecule has 136 valence electrons. The van der Waals surface area contributed by atoms with Crippen molar-refractivity contribution in [2.75, 3.05) is 6.54 Å². The number of benzene rings is 2. The Morgan fingerprint density at radius 1 is 1.08 bits per heavy atom. The van der Waals surface area contributed by atoms with Crippen molar-refractivity contribution in [1.82, 2.24) is 9.29 Å². The molecule has 0 N–H and O–H groups in total. The van der Waals surface area contributed by atoms with Crippen LogP contribution in [0.5, 0.6) is 0 Å². The van der Waals surface area contributed by atoms with E-state index in [4.69, 9.17) is 0 Å². The van der Waals surface area contributed by atoms with E-state index >= 15 is 0 Å². The fourth-order valence-electron chi connectivity index (χ4n) is 3.28. The van der Waals surface area contributed by atoms with Gasteiger partial charge >= 0.3 is 0 Å². The van der Waals surface area contributed by atoms with Gasteiger partial charge in [0.1, 0.15) is 16.6 Å². The van der Waals surface area contributed by atoms with E-state index in [9.17, 15) is 17.2 Å². The highest BCUT2D eigenvalue weighted by Gasteiger charge is 2.36. The van der Waals surface area contributed by atoms with Gasteiger partial charge in [0.05, 0.1) is 21.2 Å². The molecule has 2 heterocycles. The fraction of sp³-hybridized carbons (Fsp3) is 0.278. The third-order valence-electron chi connectivity index (χ3n) is 4.49. The second kappa shape index (κ2) is 6.68. The maximum Gasteiger partial charge on any atom is 0.243 e. The first-order valence-electron chi connectivity index (χ1n) is 8.28. The molecule has 26 heavy (non-hydrogen) atoms. The van der Waals surface area contributed by atoms with Gasteiger partial charge in [-0.15, -0.1) is 11.3 Å². The van der Waals surface area contributed by atoms with Gasteiger partial charge in [-0.1, -0.05) is 18.6 Å². The molecule has 0 spiro atoms. The van der Waals surface area contributed by atoms with E-state index in [1.165, 1.54) is 15.6 Å². The first-order chi connectivity index (χ1) is 12.4. The molecule has 0 saturated carbocycles. The SMILES string of the molecule is O=S(=O)(c1cc(F)cc(F)c1)N1CCCCC1c1nc2ccccc2s1. The van der Waals surface area contributed by atoms with Gasteiger partial charge in [0.15, 0.2) is 0 Å². The lowest BCUT2D eigenvalue weighted by atomic mass is 10.1. The third-order valence-corrected chi connectivity index (χ3v) is 7.52. The number of rotatable bonds is 3. The van der Waals surface area contributed by atoms with Crippen molar-refractivity contribution in [1.29, 1.82) is 0 Å². The lowest BCUT2D eigenvalue weighted by Gasteiger charge is -2.33. The molecule has 1 unspecified atom stereocenters. The van der Waals surface area contributed by atoms with Crippen molar-refractivity contribution in [3.63, 3.8) is 0 Å². The van der Waals surface area contributed by atoms with Crippen LogP contribution in [0.1, 0.15) is 30.3 Å². The van der Waals surface area contributed by atoms with Crippen LogP contribution in [0.15, 0.2) is 47.4 Å². The maximum absolute atomic E-state index is 13.6. The summed E-state index contributed by atoms with van der Waals surface area (Å²) in [6, 6.07) is 9.60. The molecule has 0 radical (unpaired) electrons. The van der Waals surface area contributed by atoms with Crippen LogP contribution < -0.4 is 0 Å². The molecule has 0 aliphatic carbocycles. The Labute approximate surface area is 154 Å². The Morgan fingerprint density at radius 2 is 1.81 bits per heavy atom. The van der Waals surface area contributed by atoms with Gasteiger partial charge in [-0.05, 0) is 37.1 Å². The van der Waals surface area contributed by atoms with Gasteiger partial charge < -0.3 is 0 Å². The highest BCUT2D eigenvalue weighted by molar-refractivity contribution is 7.89. The van der Waals surface area contributed by atoms with Crippen molar-refractivity contribution in [2.24, 2.45) is 0 Å². The van der Waals surface area contributed by atoms with E-state index in [1.54, 1.807) is 0 Å². The summed E-state index contributed by atoms with van der Waals surface area (Å²) in [4.78, 5) is 4.23. The summed E-state index contributed by atoms with van der Waals surface area (Å²) in [5, 5.41) is 0.714. The fourth-order valence-corrected chi connectivity index (χ4v) is 6.17. The second-order valence-electron chi connectivity index (χ2n) is 6.25. The van der Waals surface area contributed by atoms with Crippen LogP contribution in [0.3, 0.4) is 0 Å². The number of piperidine rings is 1. The average Bonchev–Trinajstić information content (AvgIpc) is 3.05. The average molecular weight is 394 g/mol. The van der Waals surface area contributed by atoms with Crippen LogP contribution in [0.25, 0.3) is 10.2 Å². The van der Waals surface area contributed by atoms with E-state index in [-0.39, 0.29) is 4.90 Å². The smallest absolute Gasteiger partial charge is 0.239 e. The molecule has 1 saturated heterocycles. The first-order valence-corrected chi connectivity index (χ1v) is 10.5. The molecule has 0 amide bonds. The number of hydrogen-bond acceptors (Lipinski definition) is 4. The number of hydrogen-bond donors (Lipinski definition) is 0. The minimum atomic E-state index is -4.02. The van der Waals surface area contributed by atoms with E-state index in [1.807, 2.05) is 24.3 Å². The number of aromatic nitrogens is 1. The lowest BCUT2D eigenvalue weighted by Crippen LogP contribution is -2.38. The molecular weight excluding hydrogens is 378 g/mol. The number of sulfonamides is 1. The van der Waals surface area contributed by atoms with Crippen LogP contribution in [0.4, 0.5) is 8.78 Å². The predicted molar refractivity (Wildman–Crippen MR) is 96.5 cm³/mol. The summed E-state index contributed by atoms with van der Waals surface area (Å²) in [5.41, 5.74) is 0.826. The van der Waals surface area contributed by atoms with Crippen molar-refractivity contribution in [3.05, 3.63) is 59.1 Å². The van der Waals surface area contributed by atoms with Gasteiger partial charge in [-0.3, -0.25) is 0 Å². The summed E-state index contributed by atoms with van der Waals surface area (Å²) in [7, 11) is -4.02. The minimum absolute atomic E-state index is 0.307. The maximum atomic E-state index is 13.6. The standard InChI is InChI=1S/C18H16F2N2O2S2/c19-12-9-13(20)11-14(10-12)26(23,24)22-8-4-3-6-16(22)18-21-15-5-1-2-7-17(15)25-18/h1-2,5,7,9-11,16H,3-4,6,8H2. The molecule has 4 rings (SSSR count). The van der Waals surface area contributed by atoms with E-state index in [0.29, 0.717) is 30.5 Å². The van der Waals surface area contributed by atoms with Crippen molar-refractivity contribution in [3.8, 4) is 0 Å². The molecule has 3 aromatic rings. The Morgan fingerprint density at radius 3 is 2.54 bits per heavy atom. The lowest BCUT2D eigenvalue weighted by molar-refractivity contribution is 0.255. The predicted octanol–water partition coefficient (Wildman–Crippen LogP) is 4.49. The second-order valence-corrected chi connectivity index (χ2v) is 9.21. The molecule has 2 aromatic carbocycles. The number of para-hydroxylation sites is 1. The van der Waals surface area contributed by atoms with E-state index in [2.05, 4.69) is 4.98 Å². The number of nitrogens with zero attached hydrogens (tertiary/aromatic N) is 2. The summed E-state index contributed by atoms with van der Waals surface area (Å²) in [6.07, 6.45) is 2.22. The first kappa shape index (κ1) is 17.5. The molecule has 1 fully saturated rings. The van der Waals surface area contributed by atoms with Gasteiger partial charge in [0.2, 0.25) is 10.0 Å². The van der Waals surface area contributed by atoms with E-state index in [0.717, 1.165) is 28.8 Å². The molecule has 8 heteroatoms. The summed E-state index contributed by atoms with van der Waals surface area (Å²) < 4.78 is 55.5. The quantitative estimate of drug-likeness (QED) is 0.658. The normalized spacial score (nSPS) is 19.1. The van der Waals surface area contributed by atoms with Gasteiger partial charge in [-0.25, -0.2) is 22.2 Å². The summed E-state index contributed by atoms with van der Waals surface area (Å²) >= 11 is 1.46. The van der Waals surface area contributed by atoms with Crippen LogP contribution in [0.2, 0.25) is 0 Å². The van der Waals surface area contributed by atoms with Gasteiger partial charge in [0.25, 0.3) is 0 Å². The van der Waals surface area contributed by atoms with Crippen molar-refractivity contribution < 1.29 is 17.2 Å². The highest BCUT2D eigenvalue weighted by Crippen LogP contribution is 2.38. The largest absolute Gasteiger partial charge is 0.243 e. The van der Waals surface area contributed by atoms with Crippen LogP contribution in [-0.2, 0) is 10.0 Å². The van der Waals surface area contributed by atoms with Gasteiger partial charge in [0, 0.05) is 12.6 Å². The van der Waals surface area contributed by atoms with Crippen LogP contribution in [0, 0.1) is 11.6 Å². The Balaban J connectivity index is 1.77. The Bertz CT molecular complexity index is 1010. The molecule has 1 aliphatic heterocycles. The summed E-state index contributed by atoms with van der Waals surface area (Å²) in [5.74, 6) is -1.81. The molecule has 1 aliphatic rings. The van der Waals surface area contributed by atoms with Crippen molar-refractivity contribution in [2.45, 2.75) is 30.2 Å². The van der Waals surface area contributed by atoms with Crippen molar-refractivity contribution >= 4 is 31.6 Å². The monoisotopic (exact) mass is 394 g/mol. The Kier molecular flexibility index (Phi) is 4.50. The third kappa shape index (κ3) is 3.13. The summed E-state index contributed by atoms with van der Waals surface area (Å²) in [6.45, 7) is 0.307. The van der Waals surface area contributed by atoms with E-state index < -0.39 is 27.7 Å². The topological polar surface area (TPSA) is 50.3 Å². The van der Waals surface area contributed by atoms with Gasteiger partial charge in [-0.2, -0.15) is 4.31 Å². The van der Waals surface area contributed by atoms with Crippen LogP contribution >= 0.6 is 11.3 Å². The minimum Gasteiger partial charge on any atom is -0.239 e. The molecule has 1 aromatic heterocycles. The number of halogens is 2. The number of thiazole rings is 1. The molecule has 0 bridgehead atoms. The molecule has 4 nitrogen and oxygen atoms in total. The zero-order valence-electron chi connectivity index (χ0n) is 13.7.